The van der Waals surface area contributed by atoms with Gasteiger partial charge in [0.2, 0.25) is 0 Å². The number of rotatable bonds is 0. The molecule has 1 unspecified atom stereocenters. The summed E-state index contributed by atoms with van der Waals surface area (Å²) in [6.45, 7) is 0. The SMILES string of the molecule is O=C1/C=C(F)\C(Cl)=C2\CCCC2CC1. The van der Waals surface area contributed by atoms with Crippen LogP contribution in [0.5, 0.6) is 0 Å². The van der Waals surface area contributed by atoms with Crippen molar-refractivity contribution < 1.29 is 9.18 Å². The quantitative estimate of drug-likeness (QED) is 0.603. The molecule has 1 fully saturated rings. The van der Waals surface area contributed by atoms with E-state index in [1.807, 2.05) is 0 Å². The first-order valence-electron chi connectivity index (χ1n) is 4.97. The molecular formula is C11H12ClFO. The van der Waals surface area contributed by atoms with Crippen LogP contribution in [0.1, 0.15) is 32.1 Å². The van der Waals surface area contributed by atoms with E-state index in [2.05, 4.69) is 0 Å². The van der Waals surface area contributed by atoms with Gasteiger partial charge >= 0.3 is 0 Å². The fourth-order valence-corrected chi connectivity index (χ4v) is 2.57. The molecule has 76 valence electrons. The highest BCUT2D eigenvalue weighted by Crippen LogP contribution is 2.40. The van der Waals surface area contributed by atoms with Crippen molar-refractivity contribution >= 4 is 17.4 Å². The number of carbonyl (C=O) groups excluding carboxylic acids is 1. The van der Waals surface area contributed by atoms with Gasteiger partial charge in [-0.25, -0.2) is 4.39 Å². The highest BCUT2D eigenvalue weighted by molar-refractivity contribution is 6.32. The first-order chi connectivity index (χ1) is 6.68. The van der Waals surface area contributed by atoms with Gasteiger partial charge in [-0.1, -0.05) is 11.6 Å². The van der Waals surface area contributed by atoms with Crippen molar-refractivity contribution in [2.24, 2.45) is 5.92 Å². The molecule has 0 radical (unpaired) electrons. The molecule has 2 rings (SSSR count). The summed E-state index contributed by atoms with van der Waals surface area (Å²) >= 11 is 5.89. The maximum absolute atomic E-state index is 13.4. The zero-order valence-corrected chi connectivity index (χ0v) is 8.61. The largest absolute Gasteiger partial charge is 0.295 e. The van der Waals surface area contributed by atoms with Gasteiger partial charge in [-0.2, -0.15) is 0 Å². The number of ketones is 1. The Balaban J connectivity index is 2.39. The number of hydrogen-bond donors (Lipinski definition) is 0. The second-order valence-electron chi connectivity index (χ2n) is 3.93. The zero-order valence-electron chi connectivity index (χ0n) is 7.85. The Morgan fingerprint density at radius 3 is 2.93 bits per heavy atom. The molecule has 0 saturated heterocycles. The van der Waals surface area contributed by atoms with E-state index in [4.69, 9.17) is 11.6 Å². The third-order valence-corrected chi connectivity index (χ3v) is 3.43. The van der Waals surface area contributed by atoms with Crippen molar-refractivity contribution in [3.05, 3.63) is 22.5 Å². The molecule has 0 amide bonds. The summed E-state index contributed by atoms with van der Waals surface area (Å²) in [7, 11) is 0. The minimum absolute atomic E-state index is 0.147. The van der Waals surface area contributed by atoms with E-state index in [1.54, 1.807) is 0 Å². The first kappa shape index (κ1) is 9.91. The van der Waals surface area contributed by atoms with Gasteiger partial charge in [0.05, 0.1) is 5.03 Å². The first-order valence-corrected chi connectivity index (χ1v) is 5.35. The normalized spacial score (nSPS) is 37.1. The molecule has 0 aliphatic heterocycles. The Morgan fingerprint density at radius 2 is 2.14 bits per heavy atom. The summed E-state index contributed by atoms with van der Waals surface area (Å²) in [5.74, 6) is -0.351. The van der Waals surface area contributed by atoms with E-state index >= 15 is 0 Å². The summed E-state index contributed by atoms with van der Waals surface area (Å²) in [4.78, 5) is 11.2. The molecule has 1 nitrogen and oxygen atoms in total. The van der Waals surface area contributed by atoms with Crippen molar-refractivity contribution in [2.75, 3.05) is 0 Å². The van der Waals surface area contributed by atoms with E-state index in [0.29, 0.717) is 12.3 Å². The molecule has 0 N–H and O–H groups in total. The summed E-state index contributed by atoms with van der Waals surface area (Å²) < 4.78 is 13.4. The monoisotopic (exact) mass is 214 g/mol. The Bertz CT molecular complexity index is 330. The number of fused-ring (bicyclic) bond motifs is 1. The van der Waals surface area contributed by atoms with E-state index in [-0.39, 0.29) is 10.8 Å². The zero-order chi connectivity index (χ0) is 10.1. The fraction of sp³-hybridized carbons (Fsp3) is 0.545. The molecule has 0 aromatic carbocycles. The van der Waals surface area contributed by atoms with Crippen molar-refractivity contribution in [3.8, 4) is 0 Å². The van der Waals surface area contributed by atoms with Crippen molar-refractivity contribution in [3.63, 3.8) is 0 Å². The molecule has 0 spiro atoms. The standard InChI is InChI=1S/C11H12ClFO/c12-11-9-3-1-2-7(9)4-5-8(14)6-10(11)13/h6-7H,1-5H2/b10-6+,11-9+. The molecule has 2 aliphatic rings. The average Bonchev–Trinajstić information content (AvgIpc) is 2.59. The molecule has 2 aliphatic carbocycles. The van der Waals surface area contributed by atoms with Crippen LogP contribution in [0.2, 0.25) is 0 Å². The summed E-state index contributed by atoms with van der Waals surface area (Å²) in [6.07, 6.45) is 5.31. The van der Waals surface area contributed by atoms with Gasteiger partial charge in [-0.3, -0.25) is 4.79 Å². The van der Waals surface area contributed by atoms with Crippen LogP contribution < -0.4 is 0 Å². The Hall–Kier alpha value is -0.630. The predicted octanol–water partition coefficient (Wildman–Crippen LogP) is 3.50. The second kappa shape index (κ2) is 3.85. The van der Waals surface area contributed by atoms with Crippen LogP contribution in [-0.2, 0) is 4.79 Å². The lowest BCUT2D eigenvalue weighted by molar-refractivity contribution is -0.114. The lowest BCUT2D eigenvalue weighted by Crippen LogP contribution is -2.06. The molecular weight excluding hydrogens is 203 g/mol. The van der Waals surface area contributed by atoms with Gasteiger partial charge in [0.25, 0.3) is 0 Å². The third-order valence-electron chi connectivity index (χ3n) is 3.01. The summed E-state index contributed by atoms with van der Waals surface area (Å²) in [6, 6.07) is 0. The topological polar surface area (TPSA) is 17.1 Å². The Morgan fingerprint density at radius 1 is 1.36 bits per heavy atom. The van der Waals surface area contributed by atoms with Crippen molar-refractivity contribution in [1.82, 2.24) is 0 Å². The Labute approximate surface area is 87.6 Å². The van der Waals surface area contributed by atoms with Gasteiger partial charge in [0.1, 0.15) is 5.83 Å². The molecule has 0 heterocycles. The predicted molar refractivity (Wildman–Crippen MR) is 53.7 cm³/mol. The highest BCUT2D eigenvalue weighted by atomic mass is 35.5. The number of allylic oxidation sites excluding steroid dienone is 4. The lowest BCUT2D eigenvalue weighted by Gasteiger charge is -2.15. The average molecular weight is 215 g/mol. The van der Waals surface area contributed by atoms with E-state index in [0.717, 1.165) is 37.3 Å². The third kappa shape index (κ3) is 1.76. The maximum atomic E-state index is 13.4. The molecule has 3 heteroatoms. The molecule has 1 atom stereocenters. The molecule has 14 heavy (non-hydrogen) atoms. The van der Waals surface area contributed by atoms with Crippen LogP contribution in [0, 0.1) is 5.92 Å². The van der Waals surface area contributed by atoms with Crippen LogP contribution in [-0.4, -0.2) is 5.78 Å². The second-order valence-corrected chi connectivity index (χ2v) is 4.30. The minimum Gasteiger partial charge on any atom is -0.295 e. The van der Waals surface area contributed by atoms with Crippen LogP contribution in [0.15, 0.2) is 22.5 Å². The van der Waals surface area contributed by atoms with Gasteiger partial charge in [0, 0.05) is 12.5 Å². The molecule has 1 saturated carbocycles. The number of carbonyl (C=O) groups is 1. The van der Waals surface area contributed by atoms with Crippen molar-refractivity contribution in [2.45, 2.75) is 32.1 Å². The Kier molecular flexibility index (Phi) is 2.73. The summed E-state index contributed by atoms with van der Waals surface area (Å²) in [5, 5.41) is 0.195. The molecule has 0 aromatic heterocycles. The van der Waals surface area contributed by atoms with Crippen LogP contribution in [0.4, 0.5) is 4.39 Å². The van der Waals surface area contributed by atoms with Crippen LogP contribution in [0.3, 0.4) is 0 Å². The van der Waals surface area contributed by atoms with Gasteiger partial charge in [0.15, 0.2) is 5.78 Å². The molecule has 0 bridgehead atoms. The smallest absolute Gasteiger partial charge is 0.158 e. The fourth-order valence-electron chi connectivity index (χ4n) is 2.27. The summed E-state index contributed by atoms with van der Waals surface area (Å²) in [5.41, 5.74) is 1.02. The van der Waals surface area contributed by atoms with Crippen molar-refractivity contribution in [1.29, 1.82) is 0 Å². The molecule has 0 aromatic rings. The minimum atomic E-state index is -0.543. The van der Waals surface area contributed by atoms with Crippen LogP contribution in [0.25, 0.3) is 0 Å². The number of halogens is 2. The van der Waals surface area contributed by atoms with E-state index in [1.165, 1.54) is 0 Å². The maximum Gasteiger partial charge on any atom is 0.158 e. The van der Waals surface area contributed by atoms with Gasteiger partial charge in [-0.05, 0) is 37.2 Å². The van der Waals surface area contributed by atoms with Gasteiger partial charge in [-0.15, -0.1) is 0 Å². The highest BCUT2D eigenvalue weighted by Gasteiger charge is 2.27. The van der Waals surface area contributed by atoms with E-state index in [9.17, 15) is 9.18 Å². The van der Waals surface area contributed by atoms with Gasteiger partial charge < -0.3 is 0 Å². The number of hydrogen-bond acceptors (Lipinski definition) is 1. The van der Waals surface area contributed by atoms with Crippen LogP contribution >= 0.6 is 11.6 Å². The van der Waals surface area contributed by atoms with E-state index < -0.39 is 5.83 Å². The lowest BCUT2D eigenvalue weighted by atomic mass is 9.93.